The Hall–Kier alpha value is -3.77. The third kappa shape index (κ3) is 3.74. The number of hydrogen-bond donors (Lipinski definition) is 1. The molecule has 0 atom stereocenters. The first-order valence-electron chi connectivity index (χ1n) is 11.6. The van der Waals surface area contributed by atoms with Gasteiger partial charge in [0, 0.05) is 24.2 Å². The molecule has 2 heterocycles. The highest BCUT2D eigenvalue weighted by Gasteiger charge is 2.46. The Bertz CT molecular complexity index is 1470. The van der Waals surface area contributed by atoms with Crippen LogP contribution in [0.2, 0.25) is 0 Å². The summed E-state index contributed by atoms with van der Waals surface area (Å²) in [7, 11) is 0. The fourth-order valence-corrected chi connectivity index (χ4v) is 5.97. The number of carbonyl (C=O) groups is 1. The van der Waals surface area contributed by atoms with E-state index < -0.39 is 11.4 Å². The number of hydrogen-bond acceptors (Lipinski definition) is 4. The van der Waals surface area contributed by atoms with Gasteiger partial charge >= 0.3 is 5.97 Å². The van der Waals surface area contributed by atoms with Gasteiger partial charge in [0.15, 0.2) is 5.13 Å². The number of anilines is 1. The predicted octanol–water partition coefficient (Wildman–Crippen LogP) is 6.76. The van der Waals surface area contributed by atoms with Gasteiger partial charge in [-0.15, -0.1) is 0 Å². The van der Waals surface area contributed by atoms with E-state index in [1.54, 1.807) is 30.4 Å². The van der Waals surface area contributed by atoms with E-state index in [1.165, 1.54) is 23.3 Å². The van der Waals surface area contributed by atoms with Gasteiger partial charge < -0.3 is 10.0 Å². The molecule has 6 rings (SSSR count). The topological polar surface area (TPSA) is 53.4 Å². The highest BCUT2D eigenvalue weighted by Crippen LogP contribution is 2.46. The number of nitrogens with zero attached hydrogens (tertiary/aromatic N) is 2. The fraction of sp³-hybridized carbons (Fsp3) is 0.172. The van der Waals surface area contributed by atoms with Crippen LogP contribution in [0.25, 0.3) is 38.9 Å². The van der Waals surface area contributed by atoms with E-state index in [4.69, 9.17) is 4.98 Å². The summed E-state index contributed by atoms with van der Waals surface area (Å²) in [6, 6.07) is 21.1. The summed E-state index contributed by atoms with van der Waals surface area (Å²) < 4.78 is 13.3. The third-order valence-corrected chi connectivity index (χ3v) is 8.03. The molecule has 0 saturated carbocycles. The quantitative estimate of drug-likeness (QED) is 0.341. The number of carboxylic acids is 1. The molecule has 6 heteroatoms. The minimum absolute atomic E-state index is 0.251. The number of benzene rings is 3. The molecule has 3 aromatic carbocycles. The molecule has 1 fully saturated rings. The summed E-state index contributed by atoms with van der Waals surface area (Å²) in [4.78, 5) is 19.8. The van der Waals surface area contributed by atoms with Gasteiger partial charge in [-0.05, 0) is 47.7 Å². The van der Waals surface area contributed by atoms with E-state index in [0.717, 1.165) is 44.4 Å². The first kappa shape index (κ1) is 21.7. The Morgan fingerprint density at radius 1 is 1.00 bits per heavy atom. The number of aromatic nitrogens is 1. The van der Waals surface area contributed by atoms with Crippen LogP contribution in [0.5, 0.6) is 0 Å². The normalized spacial score (nSPS) is 15.7. The molecule has 0 spiro atoms. The second kappa shape index (κ2) is 8.17. The molecule has 4 nitrogen and oxygen atoms in total. The van der Waals surface area contributed by atoms with Crippen molar-refractivity contribution in [3.63, 3.8) is 0 Å². The van der Waals surface area contributed by atoms with Crippen LogP contribution in [0.4, 0.5) is 9.52 Å². The molecule has 4 aromatic rings. The van der Waals surface area contributed by atoms with Gasteiger partial charge in [-0.25, -0.2) is 9.37 Å². The predicted molar refractivity (Wildman–Crippen MR) is 139 cm³/mol. The molecule has 35 heavy (non-hydrogen) atoms. The van der Waals surface area contributed by atoms with Crippen LogP contribution < -0.4 is 4.90 Å². The van der Waals surface area contributed by atoms with Crippen molar-refractivity contribution in [3.05, 3.63) is 89.8 Å². The second-order valence-corrected chi connectivity index (χ2v) is 10.4. The average Bonchev–Trinajstić information content (AvgIpc) is 3.50. The second-order valence-electron chi connectivity index (χ2n) is 9.47. The van der Waals surface area contributed by atoms with Crippen molar-refractivity contribution in [3.8, 4) is 32.8 Å². The zero-order valence-corrected chi connectivity index (χ0v) is 20.0. The van der Waals surface area contributed by atoms with Crippen molar-refractivity contribution in [1.29, 1.82) is 0 Å². The lowest BCUT2D eigenvalue weighted by Gasteiger charge is -2.44. The van der Waals surface area contributed by atoms with Gasteiger partial charge in [0.25, 0.3) is 0 Å². The molecular formula is C29H23FN2O2S. The van der Waals surface area contributed by atoms with Gasteiger partial charge in [0.05, 0.1) is 16.0 Å². The number of thiazole rings is 1. The summed E-state index contributed by atoms with van der Waals surface area (Å²) in [5.41, 5.74) is 6.80. The van der Waals surface area contributed by atoms with Crippen LogP contribution >= 0.6 is 11.3 Å². The Labute approximate surface area is 207 Å². The molecule has 174 valence electrons. The fourth-order valence-electron chi connectivity index (χ4n) is 4.84. The van der Waals surface area contributed by atoms with Crippen LogP contribution in [0, 0.1) is 11.2 Å². The molecule has 0 unspecified atom stereocenters. The lowest BCUT2D eigenvalue weighted by atomic mass is 9.82. The molecular weight excluding hydrogens is 459 g/mol. The standard InChI is InChI=1S/C29H23FN2O2S/c1-29(27(33)34)16-32(17-29)28-31-25(26(35-28)24-7-3-5-20-4-2-6-23(20)24)21-10-8-18(9-11-21)19-12-14-22(30)15-13-19/h2-3,5-15H,4,16-17H2,1H3,(H,33,34). The van der Waals surface area contributed by atoms with Crippen molar-refractivity contribution in [2.45, 2.75) is 13.3 Å². The Morgan fingerprint density at radius 3 is 2.34 bits per heavy atom. The number of rotatable bonds is 5. The SMILES string of the molecule is CC1(C(=O)O)CN(c2nc(-c3ccc(-c4ccc(F)cc4)cc3)c(-c3cccc4c3C=CC4)s2)C1. The number of carboxylic acid groups (broad SMARTS) is 1. The molecule has 1 aliphatic heterocycles. The zero-order chi connectivity index (χ0) is 24.2. The van der Waals surface area contributed by atoms with Gasteiger partial charge in [0.1, 0.15) is 5.82 Å². The maximum atomic E-state index is 13.3. The molecule has 0 radical (unpaired) electrons. The van der Waals surface area contributed by atoms with Crippen LogP contribution in [0.3, 0.4) is 0 Å². The number of halogens is 1. The number of fused-ring (bicyclic) bond motifs is 1. The number of aliphatic carboxylic acids is 1. The minimum atomic E-state index is -0.770. The van der Waals surface area contributed by atoms with Gasteiger partial charge in [-0.1, -0.05) is 78.1 Å². The van der Waals surface area contributed by atoms with E-state index in [0.29, 0.717) is 13.1 Å². The third-order valence-electron chi connectivity index (χ3n) is 6.88. The van der Waals surface area contributed by atoms with E-state index in [-0.39, 0.29) is 5.82 Å². The van der Waals surface area contributed by atoms with Gasteiger partial charge in [-0.2, -0.15) is 0 Å². The smallest absolute Gasteiger partial charge is 0.312 e. The van der Waals surface area contributed by atoms with Crippen molar-refractivity contribution in [2.24, 2.45) is 5.41 Å². The van der Waals surface area contributed by atoms with Crippen molar-refractivity contribution >= 4 is 28.5 Å². The van der Waals surface area contributed by atoms with Crippen LogP contribution in [0.15, 0.2) is 72.8 Å². The number of allylic oxidation sites excluding steroid dienone is 1. The lowest BCUT2D eigenvalue weighted by molar-refractivity contribution is -0.149. The first-order valence-corrected chi connectivity index (χ1v) is 12.4. The van der Waals surface area contributed by atoms with Crippen molar-refractivity contribution in [1.82, 2.24) is 4.98 Å². The zero-order valence-electron chi connectivity index (χ0n) is 19.2. The summed E-state index contributed by atoms with van der Waals surface area (Å²) in [6.07, 6.45) is 5.29. The molecule has 1 N–H and O–H groups in total. The minimum Gasteiger partial charge on any atom is -0.481 e. The highest BCUT2D eigenvalue weighted by atomic mass is 32.1. The Balaban J connectivity index is 1.41. The molecule has 0 bridgehead atoms. The summed E-state index contributed by atoms with van der Waals surface area (Å²) in [5, 5.41) is 10.4. The van der Waals surface area contributed by atoms with E-state index in [1.807, 2.05) is 12.1 Å². The molecule has 1 saturated heterocycles. The van der Waals surface area contributed by atoms with Crippen molar-refractivity contribution in [2.75, 3.05) is 18.0 Å². The van der Waals surface area contributed by atoms with Crippen molar-refractivity contribution < 1.29 is 14.3 Å². The van der Waals surface area contributed by atoms with Crippen LogP contribution in [-0.2, 0) is 11.2 Å². The largest absolute Gasteiger partial charge is 0.481 e. The molecule has 1 aliphatic carbocycles. The van der Waals surface area contributed by atoms with Gasteiger partial charge in [-0.3, -0.25) is 4.79 Å². The summed E-state index contributed by atoms with van der Waals surface area (Å²) >= 11 is 1.62. The van der Waals surface area contributed by atoms with E-state index >= 15 is 0 Å². The summed E-state index contributed by atoms with van der Waals surface area (Å²) in [6.45, 7) is 2.68. The monoisotopic (exact) mass is 482 g/mol. The van der Waals surface area contributed by atoms with Crippen LogP contribution in [0.1, 0.15) is 18.1 Å². The van der Waals surface area contributed by atoms with E-state index in [9.17, 15) is 14.3 Å². The maximum Gasteiger partial charge on any atom is 0.312 e. The van der Waals surface area contributed by atoms with Crippen LogP contribution in [-0.4, -0.2) is 29.1 Å². The Kier molecular flexibility index (Phi) is 5.07. The lowest BCUT2D eigenvalue weighted by Crippen LogP contribution is -2.59. The maximum absolute atomic E-state index is 13.3. The highest BCUT2D eigenvalue weighted by molar-refractivity contribution is 7.19. The summed E-state index contributed by atoms with van der Waals surface area (Å²) in [5.74, 6) is -1.02. The Morgan fingerprint density at radius 2 is 1.66 bits per heavy atom. The van der Waals surface area contributed by atoms with E-state index in [2.05, 4.69) is 47.4 Å². The average molecular weight is 483 g/mol. The molecule has 0 amide bonds. The molecule has 2 aliphatic rings. The van der Waals surface area contributed by atoms with Gasteiger partial charge in [0.2, 0.25) is 0 Å². The molecule has 1 aromatic heterocycles. The first-order chi connectivity index (χ1) is 16.9.